The van der Waals surface area contributed by atoms with Gasteiger partial charge >= 0.3 is 6.18 Å². The van der Waals surface area contributed by atoms with E-state index in [1.54, 1.807) is 30.3 Å². The molecule has 0 aliphatic carbocycles. The van der Waals surface area contributed by atoms with Crippen molar-refractivity contribution < 1.29 is 13.2 Å². The van der Waals surface area contributed by atoms with E-state index >= 15 is 0 Å². The van der Waals surface area contributed by atoms with Crippen LogP contribution in [0.15, 0.2) is 35.3 Å². The van der Waals surface area contributed by atoms with Crippen LogP contribution in [0.1, 0.15) is 5.56 Å². The molecule has 0 heterocycles. The fourth-order valence-corrected chi connectivity index (χ4v) is 0.794. The van der Waals surface area contributed by atoms with E-state index in [1.165, 1.54) is 6.21 Å². The quantitative estimate of drug-likeness (QED) is 0.631. The van der Waals surface area contributed by atoms with Crippen LogP contribution in [0, 0.1) is 0 Å². The van der Waals surface area contributed by atoms with Crippen molar-refractivity contribution in [3.8, 4) is 0 Å². The van der Waals surface area contributed by atoms with Gasteiger partial charge in [-0.15, -0.1) is 0 Å². The first kappa shape index (κ1) is 9.77. The number of nitrogens with zero attached hydrogens (tertiary/aromatic N) is 1. The lowest BCUT2D eigenvalue weighted by atomic mass is 10.2. The van der Waals surface area contributed by atoms with Crippen molar-refractivity contribution in [3.05, 3.63) is 35.9 Å². The molecular weight excluding hydrogens is 179 g/mol. The highest BCUT2D eigenvalue weighted by atomic mass is 19.4. The van der Waals surface area contributed by atoms with E-state index < -0.39 is 12.7 Å². The van der Waals surface area contributed by atoms with Crippen molar-refractivity contribution in [1.29, 1.82) is 0 Å². The summed E-state index contributed by atoms with van der Waals surface area (Å²) in [7, 11) is 0. The SMILES string of the molecule is FC(F)(F)CN=Cc1ccccc1. The number of benzene rings is 1. The van der Waals surface area contributed by atoms with Gasteiger partial charge in [0.05, 0.1) is 0 Å². The van der Waals surface area contributed by atoms with E-state index in [0.717, 1.165) is 0 Å². The lowest BCUT2D eigenvalue weighted by Gasteiger charge is -1.99. The third-order valence-corrected chi connectivity index (χ3v) is 1.31. The lowest BCUT2D eigenvalue weighted by Crippen LogP contribution is -2.11. The van der Waals surface area contributed by atoms with Gasteiger partial charge in [0.15, 0.2) is 0 Å². The smallest absolute Gasteiger partial charge is 0.283 e. The molecule has 1 rings (SSSR count). The summed E-state index contributed by atoms with van der Waals surface area (Å²) in [5.41, 5.74) is 0.673. The summed E-state index contributed by atoms with van der Waals surface area (Å²) in [6.07, 6.45) is -3.00. The summed E-state index contributed by atoms with van der Waals surface area (Å²) >= 11 is 0. The summed E-state index contributed by atoms with van der Waals surface area (Å²) in [5.74, 6) is 0. The number of halogens is 3. The van der Waals surface area contributed by atoms with Gasteiger partial charge in [-0.2, -0.15) is 13.2 Å². The van der Waals surface area contributed by atoms with Crippen LogP contribution in [0.5, 0.6) is 0 Å². The highest BCUT2D eigenvalue weighted by Crippen LogP contribution is 2.14. The highest BCUT2D eigenvalue weighted by molar-refractivity contribution is 5.79. The number of hydrogen-bond acceptors (Lipinski definition) is 1. The van der Waals surface area contributed by atoms with E-state index in [9.17, 15) is 13.2 Å². The van der Waals surface area contributed by atoms with Crippen molar-refractivity contribution in [2.24, 2.45) is 4.99 Å². The highest BCUT2D eigenvalue weighted by Gasteiger charge is 2.25. The Balaban J connectivity index is 2.51. The molecule has 0 unspecified atom stereocenters. The molecule has 0 aliphatic rings. The minimum atomic E-state index is -4.22. The van der Waals surface area contributed by atoms with E-state index in [4.69, 9.17) is 0 Å². The van der Waals surface area contributed by atoms with Crippen LogP contribution >= 0.6 is 0 Å². The Kier molecular flexibility index (Phi) is 3.06. The standard InChI is InChI=1S/C9H8F3N/c10-9(11,12)7-13-6-8-4-2-1-3-5-8/h1-6H,7H2. The summed E-state index contributed by atoms with van der Waals surface area (Å²) in [6, 6.07) is 8.67. The van der Waals surface area contributed by atoms with Crippen LogP contribution in [-0.2, 0) is 0 Å². The Morgan fingerprint density at radius 2 is 1.77 bits per heavy atom. The maximum absolute atomic E-state index is 11.6. The van der Waals surface area contributed by atoms with Crippen molar-refractivity contribution in [2.45, 2.75) is 6.18 Å². The minimum absolute atomic E-state index is 0.673. The van der Waals surface area contributed by atoms with Crippen LogP contribution < -0.4 is 0 Å². The number of alkyl halides is 3. The molecule has 0 aromatic heterocycles. The molecular formula is C9H8F3N. The van der Waals surface area contributed by atoms with Gasteiger partial charge in [0.1, 0.15) is 6.54 Å². The van der Waals surface area contributed by atoms with Gasteiger partial charge in [0, 0.05) is 6.21 Å². The Hall–Kier alpha value is -1.32. The molecule has 1 aromatic carbocycles. The predicted octanol–water partition coefficient (Wildman–Crippen LogP) is 2.67. The zero-order valence-electron chi connectivity index (χ0n) is 6.75. The number of rotatable bonds is 2. The van der Waals surface area contributed by atoms with Gasteiger partial charge < -0.3 is 0 Å². The van der Waals surface area contributed by atoms with Gasteiger partial charge in [0.25, 0.3) is 0 Å². The van der Waals surface area contributed by atoms with E-state index in [0.29, 0.717) is 5.56 Å². The Bertz CT molecular complexity index is 277. The maximum atomic E-state index is 11.6. The molecule has 0 spiro atoms. The van der Waals surface area contributed by atoms with Crippen molar-refractivity contribution in [3.63, 3.8) is 0 Å². The normalized spacial score (nSPS) is 12.2. The van der Waals surface area contributed by atoms with E-state index in [1.807, 2.05) is 0 Å². The molecule has 0 saturated carbocycles. The molecule has 1 nitrogen and oxygen atoms in total. The molecule has 0 N–H and O–H groups in total. The van der Waals surface area contributed by atoms with Crippen LogP contribution in [0.3, 0.4) is 0 Å². The third-order valence-electron chi connectivity index (χ3n) is 1.31. The van der Waals surface area contributed by atoms with Crippen LogP contribution in [-0.4, -0.2) is 18.9 Å². The summed E-state index contributed by atoms with van der Waals surface area (Å²) < 4.78 is 34.9. The monoisotopic (exact) mass is 187 g/mol. The average Bonchev–Trinajstić information content (AvgIpc) is 2.04. The Labute approximate surface area is 73.9 Å². The second-order valence-electron chi connectivity index (χ2n) is 2.50. The second-order valence-corrected chi connectivity index (χ2v) is 2.50. The maximum Gasteiger partial charge on any atom is 0.407 e. The lowest BCUT2D eigenvalue weighted by molar-refractivity contribution is -0.118. The molecule has 0 aliphatic heterocycles. The minimum Gasteiger partial charge on any atom is -0.283 e. The van der Waals surface area contributed by atoms with Crippen LogP contribution in [0.25, 0.3) is 0 Å². The first-order valence-corrected chi connectivity index (χ1v) is 3.69. The fraction of sp³-hybridized carbons (Fsp3) is 0.222. The molecule has 0 fully saturated rings. The fourth-order valence-electron chi connectivity index (χ4n) is 0.794. The molecule has 4 heteroatoms. The molecule has 0 saturated heterocycles. The van der Waals surface area contributed by atoms with Gasteiger partial charge in [0.2, 0.25) is 0 Å². The Morgan fingerprint density at radius 3 is 2.31 bits per heavy atom. The average molecular weight is 187 g/mol. The Morgan fingerprint density at radius 1 is 1.15 bits per heavy atom. The second kappa shape index (κ2) is 4.07. The van der Waals surface area contributed by atoms with E-state index in [-0.39, 0.29) is 0 Å². The summed E-state index contributed by atoms with van der Waals surface area (Å²) in [5, 5.41) is 0. The zero-order valence-corrected chi connectivity index (χ0v) is 6.75. The third kappa shape index (κ3) is 4.30. The molecule has 70 valence electrons. The largest absolute Gasteiger partial charge is 0.407 e. The summed E-state index contributed by atoms with van der Waals surface area (Å²) in [4.78, 5) is 3.26. The number of hydrogen-bond donors (Lipinski definition) is 0. The van der Waals surface area contributed by atoms with E-state index in [2.05, 4.69) is 4.99 Å². The zero-order chi connectivity index (χ0) is 9.73. The van der Waals surface area contributed by atoms with Gasteiger partial charge in [-0.05, 0) is 5.56 Å². The molecule has 13 heavy (non-hydrogen) atoms. The first-order chi connectivity index (χ1) is 6.08. The molecule has 0 amide bonds. The van der Waals surface area contributed by atoms with Gasteiger partial charge in [-0.1, -0.05) is 30.3 Å². The van der Waals surface area contributed by atoms with Crippen molar-refractivity contribution in [2.75, 3.05) is 6.54 Å². The van der Waals surface area contributed by atoms with Crippen molar-refractivity contribution in [1.82, 2.24) is 0 Å². The molecule has 1 aromatic rings. The van der Waals surface area contributed by atoms with Crippen molar-refractivity contribution >= 4 is 6.21 Å². The summed E-state index contributed by atoms with van der Waals surface area (Å²) in [6.45, 7) is -1.12. The van der Waals surface area contributed by atoms with Crippen LogP contribution in [0.4, 0.5) is 13.2 Å². The number of aliphatic imine (C=N–C) groups is 1. The van der Waals surface area contributed by atoms with Gasteiger partial charge in [-0.3, -0.25) is 4.99 Å². The predicted molar refractivity (Wildman–Crippen MR) is 45.0 cm³/mol. The van der Waals surface area contributed by atoms with Gasteiger partial charge in [-0.25, -0.2) is 0 Å². The van der Waals surface area contributed by atoms with Crippen LogP contribution in [0.2, 0.25) is 0 Å². The topological polar surface area (TPSA) is 12.4 Å². The molecule has 0 radical (unpaired) electrons. The first-order valence-electron chi connectivity index (χ1n) is 3.69. The molecule has 0 atom stereocenters. The molecule has 0 bridgehead atoms.